The second kappa shape index (κ2) is 9.62. The number of hydrogen-bond acceptors (Lipinski definition) is 3. The van der Waals surface area contributed by atoms with Crippen molar-refractivity contribution in [2.75, 3.05) is 0 Å². The average Bonchev–Trinajstić information content (AvgIpc) is 2.64. The largest absolute Gasteiger partial charge is 0.481 e. The van der Waals surface area contributed by atoms with E-state index < -0.39 is 11.9 Å². The molecule has 2 aromatic carbocycles. The van der Waals surface area contributed by atoms with Crippen molar-refractivity contribution >= 4 is 11.9 Å². The van der Waals surface area contributed by atoms with Crippen molar-refractivity contribution in [3.8, 4) is 11.1 Å². The van der Waals surface area contributed by atoms with Crippen LogP contribution in [0.5, 0.6) is 0 Å². The van der Waals surface area contributed by atoms with Crippen LogP contribution in [0.15, 0.2) is 54.6 Å². The van der Waals surface area contributed by atoms with E-state index in [1.807, 2.05) is 42.5 Å². The summed E-state index contributed by atoms with van der Waals surface area (Å²) in [5.74, 6) is -1.45. The van der Waals surface area contributed by atoms with Gasteiger partial charge in [-0.1, -0.05) is 67.9 Å². The van der Waals surface area contributed by atoms with Gasteiger partial charge in [-0.05, 0) is 29.5 Å². The van der Waals surface area contributed by atoms with Crippen LogP contribution in [0.1, 0.15) is 50.7 Å². The average molecular weight is 340 g/mol. The third kappa shape index (κ3) is 6.07. The first kappa shape index (κ1) is 18.7. The van der Waals surface area contributed by atoms with Crippen LogP contribution < -0.4 is 0 Å². The third-order valence-corrected chi connectivity index (χ3v) is 4.03. The molecule has 0 amide bonds. The lowest BCUT2D eigenvalue weighted by Gasteiger charge is -2.18. The highest BCUT2D eigenvalue weighted by Gasteiger charge is 2.17. The number of carboxylic acids is 1. The molecule has 132 valence electrons. The number of carbonyl (C=O) groups excluding carboxylic acids is 1. The summed E-state index contributed by atoms with van der Waals surface area (Å²) in [6.45, 7) is 2.09. The summed E-state index contributed by atoms with van der Waals surface area (Å²) in [6.07, 6.45) is 2.06. The number of aliphatic carboxylic acids is 1. The Labute approximate surface area is 148 Å². The molecule has 25 heavy (non-hydrogen) atoms. The molecule has 1 unspecified atom stereocenters. The minimum absolute atomic E-state index is 0.0972. The van der Waals surface area contributed by atoms with Crippen molar-refractivity contribution < 1.29 is 19.4 Å². The van der Waals surface area contributed by atoms with Gasteiger partial charge in [0.15, 0.2) is 0 Å². The summed E-state index contributed by atoms with van der Waals surface area (Å²) in [5.41, 5.74) is 3.19. The number of unbranched alkanes of at least 4 members (excludes halogenated alkanes) is 1. The molecular weight excluding hydrogens is 316 g/mol. The first-order valence-electron chi connectivity index (χ1n) is 8.66. The molecule has 0 aromatic heterocycles. The molecule has 1 atom stereocenters. The smallest absolute Gasteiger partial charge is 0.306 e. The van der Waals surface area contributed by atoms with Crippen LogP contribution in [-0.4, -0.2) is 17.0 Å². The maximum Gasteiger partial charge on any atom is 0.306 e. The van der Waals surface area contributed by atoms with Gasteiger partial charge in [-0.3, -0.25) is 9.59 Å². The van der Waals surface area contributed by atoms with Gasteiger partial charge in [0.1, 0.15) is 6.10 Å². The minimum Gasteiger partial charge on any atom is -0.481 e. The van der Waals surface area contributed by atoms with Gasteiger partial charge in [0.05, 0.1) is 12.8 Å². The lowest BCUT2D eigenvalue weighted by Crippen LogP contribution is -2.13. The van der Waals surface area contributed by atoms with Crippen LogP contribution in [0.25, 0.3) is 11.1 Å². The normalized spacial score (nSPS) is 11.7. The molecule has 0 saturated carbocycles. The molecule has 0 saturated heterocycles. The highest BCUT2D eigenvalue weighted by molar-refractivity contribution is 5.76. The van der Waals surface area contributed by atoms with E-state index in [1.54, 1.807) is 0 Å². The first-order valence-corrected chi connectivity index (χ1v) is 8.66. The highest BCUT2D eigenvalue weighted by atomic mass is 16.5. The predicted octanol–water partition coefficient (Wildman–Crippen LogP) is 4.99. The van der Waals surface area contributed by atoms with Crippen LogP contribution in [0.2, 0.25) is 0 Å². The summed E-state index contributed by atoms with van der Waals surface area (Å²) < 4.78 is 5.53. The van der Waals surface area contributed by atoms with Gasteiger partial charge in [0, 0.05) is 0 Å². The Hall–Kier alpha value is -2.62. The predicted molar refractivity (Wildman–Crippen MR) is 97.1 cm³/mol. The van der Waals surface area contributed by atoms with Crippen molar-refractivity contribution in [3.05, 3.63) is 60.2 Å². The lowest BCUT2D eigenvalue weighted by atomic mass is 9.99. The van der Waals surface area contributed by atoms with Crippen LogP contribution in [0.3, 0.4) is 0 Å². The Bertz CT molecular complexity index is 677. The Balaban J connectivity index is 2.08. The van der Waals surface area contributed by atoms with Gasteiger partial charge < -0.3 is 9.84 Å². The van der Waals surface area contributed by atoms with E-state index in [4.69, 9.17) is 9.84 Å². The maximum absolute atomic E-state index is 11.9. The fourth-order valence-corrected chi connectivity index (χ4v) is 2.63. The molecule has 0 heterocycles. The van der Waals surface area contributed by atoms with Crippen molar-refractivity contribution in [1.29, 1.82) is 0 Å². The SMILES string of the molecule is CCCCC(OC(=O)CCC(=O)O)c1ccc(-c2ccccc2)cc1. The van der Waals surface area contributed by atoms with Gasteiger partial charge >= 0.3 is 11.9 Å². The molecule has 2 aromatic rings. The molecule has 4 nitrogen and oxygen atoms in total. The zero-order valence-electron chi connectivity index (χ0n) is 14.5. The van der Waals surface area contributed by atoms with Crippen LogP contribution in [0.4, 0.5) is 0 Å². The van der Waals surface area contributed by atoms with Crippen molar-refractivity contribution in [2.24, 2.45) is 0 Å². The van der Waals surface area contributed by atoms with E-state index in [2.05, 4.69) is 19.1 Å². The summed E-state index contributed by atoms with van der Waals surface area (Å²) in [5, 5.41) is 8.69. The van der Waals surface area contributed by atoms with E-state index >= 15 is 0 Å². The third-order valence-electron chi connectivity index (χ3n) is 4.03. The Kier molecular flexibility index (Phi) is 7.20. The first-order chi connectivity index (χ1) is 12.1. The molecule has 0 spiro atoms. The molecule has 2 rings (SSSR count). The second-order valence-electron chi connectivity index (χ2n) is 6.00. The molecule has 0 aliphatic carbocycles. The molecular formula is C21H24O4. The standard InChI is InChI=1S/C21H24O4/c1-2-3-9-19(25-21(24)15-14-20(22)23)18-12-10-17(11-13-18)16-7-5-4-6-8-16/h4-8,10-13,19H,2-3,9,14-15H2,1H3,(H,22,23). The number of carbonyl (C=O) groups is 2. The Morgan fingerprint density at radius 1 is 0.960 bits per heavy atom. The molecule has 0 aliphatic heterocycles. The number of benzene rings is 2. The number of rotatable bonds is 9. The molecule has 0 aliphatic rings. The zero-order valence-corrected chi connectivity index (χ0v) is 14.5. The minimum atomic E-state index is -0.991. The topological polar surface area (TPSA) is 63.6 Å². The van der Waals surface area contributed by atoms with Crippen LogP contribution in [0, 0.1) is 0 Å². The van der Waals surface area contributed by atoms with Gasteiger partial charge in [0.25, 0.3) is 0 Å². The quantitative estimate of drug-likeness (QED) is 0.653. The summed E-state index contributed by atoms with van der Waals surface area (Å²) >= 11 is 0. The molecule has 1 N–H and O–H groups in total. The van der Waals surface area contributed by atoms with Crippen molar-refractivity contribution in [1.82, 2.24) is 0 Å². The fourth-order valence-electron chi connectivity index (χ4n) is 2.63. The molecule has 4 heteroatoms. The number of esters is 1. The zero-order chi connectivity index (χ0) is 18.1. The van der Waals surface area contributed by atoms with Crippen LogP contribution in [-0.2, 0) is 14.3 Å². The Morgan fingerprint density at radius 2 is 1.60 bits per heavy atom. The van der Waals surface area contributed by atoms with E-state index in [-0.39, 0.29) is 18.9 Å². The molecule has 0 bridgehead atoms. The fraction of sp³-hybridized carbons (Fsp3) is 0.333. The molecule has 0 fully saturated rings. The van der Waals surface area contributed by atoms with Gasteiger partial charge in [-0.2, -0.15) is 0 Å². The second-order valence-corrected chi connectivity index (χ2v) is 6.00. The summed E-state index contributed by atoms with van der Waals surface area (Å²) in [7, 11) is 0. The van der Waals surface area contributed by atoms with Gasteiger partial charge in [-0.25, -0.2) is 0 Å². The number of ether oxygens (including phenoxy) is 1. The van der Waals surface area contributed by atoms with Crippen molar-refractivity contribution in [2.45, 2.75) is 45.1 Å². The van der Waals surface area contributed by atoms with E-state index in [0.717, 1.165) is 36.0 Å². The monoisotopic (exact) mass is 340 g/mol. The summed E-state index contributed by atoms with van der Waals surface area (Å²) in [6, 6.07) is 18.1. The highest BCUT2D eigenvalue weighted by Crippen LogP contribution is 2.27. The lowest BCUT2D eigenvalue weighted by molar-refractivity contribution is -0.152. The number of carboxylic acid groups (broad SMARTS) is 1. The summed E-state index contributed by atoms with van der Waals surface area (Å²) in [4.78, 5) is 22.5. The van der Waals surface area contributed by atoms with E-state index in [0.29, 0.717) is 0 Å². The van der Waals surface area contributed by atoms with Gasteiger partial charge in [0.2, 0.25) is 0 Å². The maximum atomic E-state index is 11.9. The van der Waals surface area contributed by atoms with Crippen LogP contribution >= 0.6 is 0 Å². The number of hydrogen-bond donors (Lipinski definition) is 1. The van der Waals surface area contributed by atoms with Crippen molar-refractivity contribution in [3.63, 3.8) is 0 Å². The van der Waals surface area contributed by atoms with E-state index in [9.17, 15) is 9.59 Å². The van der Waals surface area contributed by atoms with E-state index in [1.165, 1.54) is 0 Å². The Morgan fingerprint density at radius 3 is 2.20 bits per heavy atom. The molecule has 0 radical (unpaired) electrons. The van der Waals surface area contributed by atoms with Gasteiger partial charge in [-0.15, -0.1) is 0 Å².